The number of hydrogen-bond acceptors (Lipinski definition) is 4. The fourth-order valence-electron chi connectivity index (χ4n) is 1.71. The normalized spacial score (nSPS) is 9.94. The summed E-state index contributed by atoms with van der Waals surface area (Å²) >= 11 is 0. The highest BCUT2D eigenvalue weighted by atomic mass is 16.2. The molecule has 1 heterocycles. The SMILES string of the molecule is CCNC(=O)CN(CC)c1ccnc(NCC)c1. The number of carbonyl (C=O) groups excluding carboxylic acids is 1. The Balaban J connectivity index is 2.74. The average Bonchev–Trinajstić information content (AvgIpc) is 2.37. The van der Waals surface area contributed by atoms with Crippen LogP contribution < -0.4 is 15.5 Å². The molecule has 0 bridgehead atoms. The zero-order valence-corrected chi connectivity index (χ0v) is 11.4. The fourth-order valence-corrected chi connectivity index (χ4v) is 1.71. The second kappa shape index (κ2) is 7.53. The lowest BCUT2D eigenvalue weighted by molar-refractivity contribution is -0.119. The van der Waals surface area contributed by atoms with Gasteiger partial charge in [-0.1, -0.05) is 0 Å². The zero-order chi connectivity index (χ0) is 13.4. The number of rotatable bonds is 7. The van der Waals surface area contributed by atoms with Crippen LogP contribution in [-0.2, 0) is 4.79 Å². The molecule has 0 spiro atoms. The summed E-state index contributed by atoms with van der Waals surface area (Å²) in [5, 5.41) is 5.98. The van der Waals surface area contributed by atoms with Gasteiger partial charge in [0.15, 0.2) is 0 Å². The maximum atomic E-state index is 11.6. The first-order valence-corrected chi connectivity index (χ1v) is 6.42. The van der Waals surface area contributed by atoms with Crippen molar-refractivity contribution in [3.63, 3.8) is 0 Å². The van der Waals surface area contributed by atoms with E-state index in [2.05, 4.69) is 15.6 Å². The Morgan fingerprint density at radius 2 is 2.11 bits per heavy atom. The Bertz CT molecular complexity index is 381. The van der Waals surface area contributed by atoms with Gasteiger partial charge in [-0.3, -0.25) is 4.79 Å². The topological polar surface area (TPSA) is 57.3 Å². The number of pyridine rings is 1. The number of nitrogens with one attached hydrogen (secondary N) is 2. The van der Waals surface area contributed by atoms with Crippen molar-refractivity contribution in [1.29, 1.82) is 0 Å². The van der Waals surface area contributed by atoms with Gasteiger partial charge < -0.3 is 15.5 Å². The summed E-state index contributed by atoms with van der Waals surface area (Å²) in [5.41, 5.74) is 1.01. The zero-order valence-electron chi connectivity index (χ0n) is 11.4. The van der Waals surface area contributed by atoms with Gasteiger partial charge in [0.05, 0.1) is 6.54 Å². The molecule has 0 aliphatic heterocycles. The summed E-state index contributed by atoms with van der Waals surface area (Å²) in [7, 11) is 0. The number of anilines is 2. The molecule has 2 N–H and O–H groups in total. The number of nitrogens with zero attached hydrogens (tertiary/aromatic N) is 2. The number of likely N-dealkylation sites (N-methyl/N-ethyl adjacent to an activating group) is 2. The molecule has 0 fully saturated rings. The van der Waals surface area contributed by atoms with Gasteiger partial charge in [0.1, 0.15) is 5.82 Å². The molecule has 18 heavy (non-hydrogen) atoms. The van der Waals surface area contributed by atoms with E-state index < -0.39 is 0 Å². The average molecular weight is 250 g/mol. The van der Waals surface area contributed by atoms with Crippen molar-refractivity contribution in [2.75, 3.05) is 36.4 Å². The van der Waals surface area contributed by atoms with Crippen LogP contribution in [0.3, 0.4) is 0 Å². The van der Waals surface area contributed by atoms with Crippen molar-refractivity contribution in [1.82, 2.24) is 10.3 Å². The lowest BCUT2D eigenvalue weighted by Gasteiger charge is -2.22. The highest BCUT2D eigenvalue weighted by molar-refractivity contribution is 5.81. The largest absolute Gasteiger partial charge is 0.370 e. The lowest BCUT2D eigenvalue weighted by atomic mass is 10.3. The van der Waals surface area contributed by atoms with Crippen LogP contribution in [0.25, 0.3) is 0 Å². The molecule has 0 saturated heterocycles. The predicted molar refractivity (Wildman–Crippen MR) is 75.0 cm³/mol. The molecular weight excluding hydrogens is 228 g/mol. The molecule has 0 saturated carbocycles. The minimum absolute atomic E-state index is 0.0427. The highest BCUT2D eigenvalue weighted by Gasteiger charge is 2.09. The minimum atomic E-state index is 0.0427. The van der Waals surface area contributed by atoms with E-state index in [0.29, 0.717) is 13.1 Å². The second-order valence-electron chi connectivity index (χ2n) is 3.90. The fraction of sp³-hybridized carbons (Fsp3) is 0.538. The van der Waals surface area contributed by atoms with Crippen LogP contribution in [0.4, 0.5) is 11.5 Å². The Morgan fingerprint density at radius 3 is 2.72 bits per heavy atom. The van der Waals surface area contributed by atoms with Crippen molar-refractivity contribution in [2.45, 2.75) is 20.8 Å². The predicted octanol–water partition coefficient (Wildman–Crippen LogP) is 1.48. The number of hydrogen-bond donors (Lipinski definition) is 2. The van der Waals surface area contributed by atoms with Gasteiger partial charge in [-0.2, -0.15) is 0 Å². The molecule has 0 aliphatic carbocycles. The lowest BCUT2D eigenvalue weighted by Crippen LogP contribution is -2.37. The summed E-state index contributed by atoms with van der Waals surface area (Å²) in [6.07, 6.45) is 1.76. The quantitative estimate of drug-likeness (QED) is 0.769. The van der Waals surface area contributed by atoms with E-state index in [4.69, 9.17) is 0 Å². The summed E-state index contributed by atoms with van der Waals surface area (Å²) < 4.78 is 0. The van der Waals surface area contributed by atoms with E-state index in [-0.39, 0.29) is 5.91 Å². The third kappa shape index (κ3) is 4.24. The second-order valence-corrected chi connectivity index (χ2v) is 3.90. The van der Waals surface area contributed by atoms with Crippen molar-refractivity contribution >= 4 is 17.4 Å². The minimum Gasteiger partial charge on any atom is -0.370 e. The van der Waals surface area contributed by atoms with Crippen LogP contribution in [0, 0.1) is 0 Å². The van der Waals surface area contributed by atoms with Gasteiger partial charge in [0, 0.05) is 37.6 Å². The van der Waals surface area contributed by atoms with E-state index in [0.717, 1.165) is 24.6 Å². The Morgan fingerprint density at radius 1 is 1.33 bits per heavy atom. The van der Waals surface area contributed by atoms with Crippen LogP contribution in [0.2, 0.25) is 0 Å². The third-order valence-electron chi connectivity index (χ3n) is 2.56. The van der Waals surface area contributed by atoms with Crippen molar-refractivity contribution in [3.8, 4) is 0 Å². The standard InChI is InChI=1S/C13H22N4O/c1-4-14-12-9-11(7-8-16-12)17(6-3)10-13(18)15-5-2/h7-9H,4-6,10H2,1-3H3,(H,14,16)(H,15,18). The Kier molecular flexibility index (Phi) is 5.97. The van der Waals surface area contributed by atoms with E-state index in [9.17, 15) is 4.79 Å². The first-order chi connectivity index (χ1) is 8.71. The van der Waals surface area contributed by atoms with E-state index in [1.54, 1.807) is 6.20 Å². The molecule has 5 heteroatoms. The monoisotopic (exact) mass is 250 g/mol. The molecular formula is C13H22N4O. The Labute approximate surface area is 109 Å². The number of aromatic nitrogens is 1. The van der Waals surface area contributed by atoms with Crippen LogP contribution in [0.5, 0.6) is 0 Å². The molecule has 0 unspecified atom stereocenters. The van der Waals surface area contributed by atoms with Gasteiger partial charge in [0.2, 0.25) is 5.91 Å². The maximum absolute atomic E-state index is 11.6. The van der Waals surface area contributed by atoms with Gasteiger partial charge in [-0.25, -0.2) is 4.98 Å². The van der Waals surface area contributed by atoms with E-state index in [1.165, 1.54) is 0 Å². The van der Waals surface area contributed by atoms with E-state index in [1.807, 2.05) is 37.8 Å². The van der Waals surface area contributed by atoms with E-state index >= 15 is 0 Å². The van der Waals surface area contributed by atoms with Crippen molar-refractivity contribution in [3.05, 3.63) is 18.3 Å². The smallest absolute Gasteiger partial charge is 0.239 e. The van der Waals surface area contributed by atoms with Crippen LogP contribution in [-0.4, -0.2) is 37.1 Å². The molecule has 5 nitrogen and oxygen atoms in total. The van der Waals surface area contributed by atoms with Gasteiger partial charge in [-0.15, -0.1) is 0 Å². The molecule has 1 amide bonds. The first-order valence-electron chi connectivity index (χ1n) is 6.42. The summed E-state index contributed by atoms with van der Waals surface area (Å²) in [4.78, 5) is 17.9. The molecule has 0 atom stereocenters. The van der Waals surface area contributed by atoms with Crippen LogP contribution >= 0.6 is 0 Å². The summed E-state index contributed by atoms with van der Waals surface area (Å²) in [5.74, 6) is 0.880. The molecule has 0 aliphatic rings. The van der Waals surface area contributed by atoms with Gasteiger partial charge >= 0.3 is 0 Å². The molecule has 1 aromatic rings. The summed E-state index contributed by atoms with van der Waals surface area (Å²) in [6.45, 7) is 8.64. The van der Waals surface area contributed by atoms with Crippen molar-refractivity contribution < 1.29 is 4.79 Å². The van der Waals surface area contributed by atoms with Crippen LogP contribution in [0.15, 0.2) is 18.3 Å². The first kappa shape index (κ1) is 14.3. The highest BCUT2D eigenvalue weighted by Crippen LogP contribution is 2.16. The van der Waals surface area contributed by atoms with Crippen LogP contribution in [0.1, 0.15) is 20.8 Å². The molecule has 100 valence electrons. The maximum Gasteiger partial charge on any atom is 0.239 e. The van der Waals surface area contributed by atoms with Crippen molar-refractivity contribution in [2.24, 2.45) is 0 Å². The van der Waals surface area contributed by atoms with Gasteiger partial charge in [0.25, 0.3) is 0 Å². The molecule has 1 rings (SSSR count). The van der Waals surface area contributed by atoms with Gasteiger partial charge in [-0.05, 0) is 26.8 Å². The Hall–Kier alpha value is -1.78. The number of amides is 1. The summed E-state index contributed by atoms with van der Waals surface area (Å²) in [6, 6.07) is 3.88. The molecule has 0 aromatic carbocycles. The number of carbonyl (C=O) groups is 1. The molecule has 1 aromatic heterocycles. The molecule has 0 radical (unpaired) electrons. The third-order valence-corrected chi connectivity index (χ3v) is 2.56.